The molecule has 80 valence electrons. The minimum Gasteiger partial charge on any atom is -0.259 e. The molecule has 0 aromatic heterocycles. The maximum absolute atomic E-state index is 10.8. The largest absolute Gasteiger partial charge is 0.259 e. The second-order valence-corrected chi connectivity index (χ2v) is 3.82. The SMILES string of the molecule is CC(C)C=C(Cc1ccccc1)[N+](=O)[O-]. The van der Waals surface area contributed by atoms with Crippen LogP contribution < -0.4 is 0 Å². The van der Waals surface area contributed by atoms with Crippen LogP contribution in [0.25, 0.3) is 0 Å². The Morgan fingerprint density at radius 1 is 1.40 bits per heavy atom. The van der Waals surface area contributed by atoms with E-state index in [1.807, 2.05) is 44.2 Å². The van der Waals surface area contributed by atoms with Crippen LogP contribution in [0, 0.1) is 16.0 Å². The summed E-state index contributed by atoms with van der Waals surface area (Å²) in [5.41, 5.74) is 1.25. The number of rotatable bonds is 4. The van der Waals surface area contributed by atoms with Crippen molar-refractivity contribution >= 4 is 0 Å². The molecule has 0 spiro atoms. The second kappa shape index (κ2) is 5.29. The third-order valence-electron chi connectivity index (χ3n) is 1.99. The van der Waals surface area contributed by atoms with Gasteiger partial charge in [0.05, 0.1) is 11.3 Å². The van der Waals surface area contributed by atoms with Gasteiger partial charge in [0.1, 0.15) is 0 Å². The predicted molar refractivity (Wildman–Crippen MR) is 60.1 cm³/mol. The van der Waals surface area contributed by atoms with Gasteiger partial charge in [0, 0.05) is 0 Å². The van der Waals surface area contributed by atoms with Crippen molar-refractivity contribution in [2.75, 3.05) is 0 Å². The Hall–Kier alpha value is -1.64. The van der Waals surface area contributed by atoms with Crippen molar-refractivity contribution in [2.45, 2.75) is 20.3 Å². The molecule has 0 unspecified atom stereocenters. The van der Waals surface area contributed by atoms with E-state index in [0.717, 1.165) is 5.56 Å². The van der Waals surface area contributed by atoms with Crippen molar-refractivity contribution in [3.05, 3.63) is 57.8 Å². The molecule has 0 aliphatic rings. The standard InChI is InChI=1S/C12H15NO2/c1-10(2)8-12(13(14)15)9-11-6-4-3-5-7-11/h3-8,10H,9H2,1-2H3. The maximum Gasteiger partial charge on any atom is 0.246 e. The molecule has 0 fully saturated rings. The Bertz CT molecular complexity index is 355. The molecule has 0 N–H and O–H groups in total. The quantitative estimate of drug-likeness (QED) is 0.560. The minimum absolute atomic E-state index is 0.203. The molecular weight excluding hydrogens is 190 g/mol. The van der Waals surface area contributed by atoms with E-state index in [1.54, 1.807) is 6.08 Å². The first-order valence-electron chi connectivity index (χ1n) is 4.98. The van der Waals surface area contributed by atoms with Crippen molar-refractivity contribution in [2.24, 2.45) is 5.92 Å². The molecule has 0 radical (unpaired) electrons. The van der Waals surface area contributed by atoms with E-state index >= 15 is 0 Å². The molecule has 1 rings (SSSR count). The van der Waals surface area contributed by atoms with Crippen molar-refractivity contribution in [3.8, 4) is 0 Å². The van der Waals surface area contributed by atoms with Gasteiger partial charge in [-0.25, -0.2) is 0 Å². The summed E-state index contributed by atoms with van der Waals surface area (Å²) in [7, 11) is 0. The fourth-order valence-corrected chi connectivity index (χ4v) is 1.37. The lowest BCUT2D eigenvalue weighted by Crippen LogP contribution is -2.04. The number of hydrogen-bond acceptors (Lipinski definition) is 2. The van der Waals surface area contributed by atoms with Gasteiger partial charge in [0.15, 0.2) is 0 Å². The highest BCUT2D eigenvalue weighted by Crippen LogP contribution is 2.11. The van der Waals surface area contributed by atoms with E-state index < -0.39 is 0 Å². The van der Waals surface area contributed by atoms with Gasteiger partial charge in [-0.05, 0) is 17.6 Å². The molecular formula is C12H15NO2. The maximum atomic E-state index is 10.8. The van der Waals surface area contributed by atoms with Crippen LogP contribution >= 0.6 is 0 Å². The van der Waals surface area contributed by atoms with E-state index in [0.29, 0.717) is 6.42 Å². The van der Waals surface area contributed by atoms with Crippen molar-refractivity contribution in [3.63, 3.8) is 0 Å². The predicted octanol–water partition coefficient (Wildman–Crippen LogP) is 3.05. The summed E-state index contributed by atoms with van der Waals surface area (Å²) in [6.45, 7) is 3.88. The van der Waals surface area contributed by atoms with Gasteiger partial charge < -0.3 is 0 Å². The third kappa shape index (κ3) is 3.94. The van der Waals surface area contributed by atoms with Crippen molar-refractivity contribution < 1.29 is 4.92 Å². The molecule has 3 nitrogen and oxygen atoms in total. The number of allylic oxidation sites excluding steroid dienone is 2. The minimum atomic E-state index is -0.299. The Morgan fingerprint density at radius 2 is 2.00 bits per heavy atom. The zero-order valence-corrected chi connectivity index (χ0v) is 9.01. The van der Waals surface area contributed by atoms with Crippen LogP contribution in [0.1, 0.15) is 19.4 Å². The van der Waals surface area contributed by atoms with E-state index in [2.05, 4.69) is 0 Å². The number of hydrogen-bond donors (Lipinski definition) is 0. The molecule has 0 heterocycles. The Kier molecular flexibility index (Phi) is 4.03. The lowest BCUT2D eigenvalue weighted by molar-refractivity contribution is -0.427. The summed E-state index contributed by atoms with van der Waals surface area (Å²) in [5.74, 6) is 0.203. The summed E-state index contributed by atoms with van der Waals surface area (Å²) in [4.78, 5) is 10.5. The number of nitro groups is 1. The highest BCUT2D eigenvalue weighted by Gasteiger charge is 2.11. The van der Waals surface area contributed by atoms with Crippen molar-refractivity contribution in [1.29, 1.82) is 0 Å². The molecule has 0 bridgehead atoms. The van der Waals surface area contributed by atoms with Crippen LogP contribution in [0.15, 0.2) is 42.1 Å². The van der Waals surface area contributed by atoms with Gasteiger partial charge in [0.2, 0.25) is 5.70 Å². The van der Waals surface area contributed by atoms with Crippen LogP contribution in [0.3, 0.4) is 0 Å². The summed E-state index contributed by atoms with van der Waals surface area (Å²) >= 11 is 0. The second-order valence-electron chi connectivity index (χ2n) is 3.82. The number of nitrogens with zero attached hydrogens (tertiary/aromatic N) is 1. The Labute approximate surface area is 89.6 Å². The zero-order chi connectivity index (χ0) is 11.3. The van der Waals surface area contributed by atoms with E-state index in [4.69, 9.17) is 0 Å². The van der Waals surface area contributed by atoms with E-state index in [1.165, 1.54) is 0 Å². The molecule has 0 saturated carbocycles. The lowest BCUT2D eigenvalue weighted by atomic mass is 10.1. The van der Waals surface area contributed by atoms with Crippen LogP contribution in [0.2, 0.25) is 0 Å². The van der Waals surface area contributed by atoms with Crippen LogP contribution in [-0.4, -0.2) is 4.92 Å². The normalized spacial score (nSPS) is 11.8. The first-order chi connectivity index (χ1) is 7.09. The third-order valence-corrected chi connectivity index (χ3v) is 1.99. The van der Waals surface area contributed by atoms with E-state index in [9.17, 15) is 10.1 Å². The van der Waals surface area contributed by atoms with Crippen LogP contribution in [-0.2, 0) is 6.42 Å². The average Bonchev–Trinajstić information content (AvgIpc) is 2.17. The first-order valence-corrected chi connectivity index (χ1v) is 4.98. The van der Waals surface area contributed by atoms with Gasteiger partial charge in [-0.1, -0.05) is 44.2 Å². The topological polar surface area (TPSA) is 43.1 Å². The molecule has 1 aromatic rings. The summed E-state index contributed by atoms with van der Waals surface area (Å²) in [6, 6.07) is 9.49. The molecule has 0 atom stereocenters. The zero-order valence-electron chi connectivity index (χ0n) is 9.01. The van der Waals surface area contributed by atoms with Gasteiger partial charge in [0.25, 0.3) is 0 Å². The fourth-order valence-electron chi connectivity index (χ4n) is 1.37. The van der Waals surface area contributed by atoms with Crippen LogP contribution in [0.5, 0.6) is 0 Å². The molecule has 0 amide bonds. The van der Waals surface area contributed by atoms with Gasteiger partial charge >= 0.3 is 0 Å². The summed E-state index contributed by atoms with van der Waals surface area (Å²) < 4.78 is 0. The number of benzene rings is 1. The Balaban J connectivity index is 2.81. The highest BCUT2D eigenvalue weighted by atomic mass is 16.6. The Morgan fingerprint density at radius 3 is 2.47 bits per heavy atom. The first kappa shape index (κ1) is 11.4. The van der Waals surface area contributed by atoms with Gasteiger partial charge in [-0.3, -0.25) is 10.1 Å². The molecule has 1 aromatic carbocycles. The van der Waals surface area contributed by atoms with E-state index in [-0.39, 0.29) is 16.5 Å². The lowest BCUT2D eigenvalue weighted by Gasteiger charge is -2.01. The van der Waals surface area contributed by atoms with Gasteiger partial charge in [-0.15, -0.1) is 0 Å². The monoisotopic (exact) mass is 205 g/mol. The highest BCUT2D eigenvalue weighted by molar-refractivity contribution is 5.19. The van der Waals surface area contributed by atoms with Gasteiger partial charge in [-0.2, -0.15) is 0 Å². The summed E-state index contributed by atoms with van der Waals surface area (Å²) in [6.07, 6.45) is 2.10. The smallest absolute Gasteiger partial charge is 0.246 e. The molecule has 0 aliphatic heterocycles. The fraction of sp³-hybridized carbons (Fsp3) is 0.333. The molecule has 0 aliphatic carbocycles. The average molecular weight is 205 g/mol. The van der Waals surface area contributed by atoms with Crippen LogP contribution in [0.4, 0.5) is 0 Å². The molecule has 3 heteroatoms. The molecule has 0 saturated heterocycles. The van der Waals surface area contributed by atoms with Crippen molar-refractivity contribution in [1.82, 2.24) is 0 Å². The molecule has 15 heavy (non-hydrogen) atoms. The summed E-state index contributed by atoms with van der Waals surface area (Å²) in [5, 5.41) is 10.8.